The maximum atomic E-state index is 10.2. The number of amides is 1. The molecule has 0 saturated carbocycles. The standard InChI is InChI=1S/C8H12NO2.Y/c10-7-9-3-1-8(2-4-9)5-11-6-8;/h1-6H2;/q-1;. The van der Waals surface area contributed by atoms with Gasteiger partial charge in [0.2, 0.25) is 0 Å². The number of ether oxygens (including phenoxy) is 1. The largest absolute Gasteiger partial charge is 0.520 e. The van der Waals surface area contributed by atoms with E-state index in [-0.39, 0.29) is 32.7 Å². The fourth-order valence-corrected chi connectivity index (χ4v) is 1.75. The van der Waals surface area contributed by atoms with Crippen LogP contribution >= 0.6 is 0 Å². The maximum absolute atomic E-state index is 10.2. The first kappa shape index (κ1) is 10.6. The van der Waals surface area contributed by atoms with Crippen LogP contribution in [0.4, 0.5) is 0 Å². The fraction of sp³-hybridized carbons (Fsp3) is 0.875. The van der Waals surface area contributed by atoms with Crippen LogP contribution in [0.1, 0.15) is 12.8 Å². The Morgan fingerprint density at radius 3 is 2.17 bits per heavy atom. The van der Waals surface area contributed by atoms with Crippen molar-refractivity contribution in [2.45, 2.75) is 12.8 Å². The molecule has 0 N–H and O–H groups in total. The molecule has 3 nitrogen and oxygen atoms in total. The van der Waals surface area contributed by atoms with Crippen molar-refractivity contribution in [3.05, 3.63) is 0 Å². The third-order valence-electron chi connectivity index (χ3n) is 2.77. The van der Waals surface area contributed by atoms with Crippen molar-refractivity contribution in [1.29, 1.82) is 0 Å². The molecule has 1 spiro atoms. The van der Waals surface area contributed by atoms with E-state index in [2.05, 4.69) is 0 Å². The molecule has 2 aliphatic rings. The maximum Gasteiger partial charge on any atom is 0.0546 e. The van der Waals surface area contributed by atoms with Gasteiger partial charge in [0, 0.05) is 38.1 Å². The minimum atomic E-state index is 0. The van der Waals surface area contributed by atoms with E-state index in [1.165, 1.54) is 0 Å². The van der Waals surface area contributed by atoms with Crippen LogP contribution in [-0.4, -0.2) is 37.6 Å². The number of carbonyl (C=O) groups excluding carboxylic acids is 1. The first-order chi connectivity index (χ1) is 5.35. The van der Waals surface area contributed by atoms with E-state index in [1.807, 2.05) is 6.41 Å². The van der Waals surface area contributed by atoms with Gasteiger partial charge in [-0.1, -0.05) is 0 Å². The van der Waals surface area contributed by atoms with Crippen molar-refractivity contribution in [2.75, 3.05) is 26.3 Å². The van der Waals surface area contributed by atoms with Crippen molar-refractivity contribution in [3.63, 3.8) is 0 Å². The van der Waals surface area contributed by atoms with Gasteiger partial charge < -0.3 is 14.4 Å². The molecule has 0 unspecified atom stereocenters. The Kier molecular flexibility index (Phi) is 3.68. The van der Waals surface area contributed by atoms with Gasteiger partial charge in [-0.25, -0.2) is 0 Å². The zero-order chi connectivity index (χ0) is 7.73. The van der Waals surface area contributed by atoms with Crippen LogP contribution in [0.15, 0.2) is 0 Å². The normalized spacial score (nSPS) is 25.8. The monoisotopic (exact) mass is 243 g/mol. The first-order valence-corrected chi connectivity index (χ1v) is 4.05. The van der Waals surface area contributed by atoms with Gasteiger partial charge in [-0.05, 0) is 25.9 Å². The topological polar surface area (TPSA) is 29.5 Å². The molecule has 0 aliphatic carbocycles. The van der Waals surface area contributed by atoms with Crippen LogP contribution in [0, 0.1) is 5.41 Å². The molecule has 2 heterocycles. The fourth-order valence-electron chi connectivity index (χ4n) is 1.75. The molecule has 0 aromatic rings. The van der Waals surface area contributed by atoms with Gasteiger partial charge in [-0.2, -0.15) is 6.41 Å². The molecule has 4 heteroatoms. The first-order valence-electron chi connectivity index (χ1n) is 4.05. The van der Waals surface area contributed by atoms with Crippen molar-refractivity contribution in [2.24, 2.45) is 5.41 Å². The van der Waals surface area contributed by atoms with Gasteiger partial charge in [-0.3, -0.25) is 0 Å². The molecule has 0 aromatic carbocycles. The van der Waals surface area contributed by atoms with Crippen LogP contribution in [0.5, 0.6) is 0 Å². The molecule has 0 bridgehead atoms. The Morgan fingerprint density at radius 2 is 1.83 bits per heavy atom. The van der Waals surface area contributed by atoms with Gasteiger partial charge in [0.25, 0.3) is 0 Å². The Hall–Kier alpha value is 0.534. The van der Waals surface area contributed by atoms with Gasteiger partial charge >= 0.3 is 0 Å². The number of hydrogen-bond acceptors (Lipinski definition) is 2. The van der Waals surface area contributed by atoms with Crippen LogP contribution in [-0.2, 0) is 42.2 Å². The predicted octanol–water partition coefficient (Wildman–Crippen LogP) is 0.163. The summed E-state index contributed by atoms with van der Waals surface area (Å²) in [6, 6.07) is 0. The average molecular weight is 243 g/mol. The van der Waals surface area contributed by atoms with Crippen LogP contribution < -0.4 is 0 Å². The zero-order valence-corrected chi connectivity index (χ0v) is 9.92. The summed E-state index contributed by atoms with van der Waals surface area (Å²) in [5.41, 5.74) is 0.438. The minimum Gasteiger partial charge on any atom is -0.520 e. The molecule has 12 heavy (non-hydrogen) atoms. The summed E-state index contributed by atoms with van der Waals surface area (Å²) in [6.45, 7) is 3.54. The molecule has 0 aromatic heterocycles. The summed E-state index contributed by atoms with van der Waals surface area (Å²) in [6.07, 6.45) is 4.13. The Balaban J connectivity index is 0.000000720. The summed E-state index contributed by atoms with van der Waals surface area (Å²) < 4.78 is 5.17. The second-order valence-electron chi connectivity index (χ2n) is 3.57. The van der Waals surface area contributed by atoms with E-state index in [1.54, 1.807) is 4.90 Å². The molecule has 65 valence electrons. The van der Waals surface area contributed by atoms with Crippen LogP contribution in [0.3, 0.4) is 0 Å². The Bertz CT molecular complexity index is 160. The van der Waals surface area contributed by atoms with Gasteiger partial charge in [0.05, 0.1) is 13.2 Å². The molecule has 1 radical (unpaired) electrons. The SMILES string of the molecule is O=[C-]N1CCC2(CC1)COC2.[Y]. The molecule has 1 amide bonds. The third-order valence-corrected chi connectivity index (χ3v) is 2.77. The Labute approximate surface area is 97.7 Å². The molecule has 0 atom stereocenters. The van der Waals surface area contributed by atoms with Crippen LogP contribution in [0.25, 0.3) is 0 Å². The summed E-state index contributed by atoms with van der Waals surface area (Å²) in [5, 5.41) is 0. The number of likely N-dealkylation sites (tertiary alicyclic amines) is 1. The second-order valence-corrected chi connectivity index (χ2v) is 3.57. The van der Waals surface area contributed by atoms with E-state index in [4.69, 9.17) is 4.74 Å². The van der Waals surface area contributed by atoms with Crippen molar-refractivity contribution < 1.29 is 42.2 Å². The van der Waals surface area contributed by atoms with E-state index in [0.29, 0.717) is 5.41 Å². The molecule has 2 rings (SSSR count). The number of hydrogen-bond donors (Lipinski definition) is 0. The quantitative estimate of drug-likeness (QED) is 0.614. The molecular weight excluding hydrogens is 231 g/mol. The van der Waals surface area contributed by atoms with Crippen molar-refractivity contribution in [1.82, 2.24) is 4.90 Å². The molecular formula is C8H12NO2Y-. The summed E-state index contributed by atoms with van der Waals surface area (Å²) in [4.78, 5) is 12.0. The predicted molar refractivity (Wildman–Crippen MR) is 39.8 cm³/mol. The smallest absolute Gasteiger partial charge is 0.0546 e. The molecule has 2 aliphatic heterocycles. The second kappa shape index (κ2) is 4.16. The van der Waals surface area contributed by atoms with E-state index >= 15 is 0 Å². The third kappa shape index (κ3) is 1.89. The minimum absolute atomic E-state index is 0. The number of piperidine rings is 1. The number of nitrogens with zero attached hydrogens (tertiary/aromatic N) is 1. The van der Waals surface area contributed by atoms with E-state index < -0.39 is 0 Å². The number of rotatable bonds is 1. The molecule has 2 saturated heterocycles. The van der Waals surface area contributed by atoms with Gasteiger partial charge in [0.15, 0.2) is 0 Å². The van der Waals surface area contributed by atoms with Gasteiger partial charge in [-0.15, -0.1) is 0 Å². The van der Waals surface area contributed by atoms with Crippen molar-refractivity contribution in [3.8, 4) is 0 Å². The molecule has 2 fully saturated rings. The van der Waals surface area contributed by atoms with E-state index in [9.17, 15) is 4.79 Å². The van der Waals surface area contributed by atoms with Crippen molar-refractivity contribution >= 4 is 6.41 Å². The summed E-state index contributed by atoms with van der Waals surface area (Å²) in [5.74, 6) is 0. The van der Waals surface area contributed by atoms with E-state index in [0.717, 1.165) is 39.1 Å². The summed E-state index contributed by atoms with van der Waals surface area (Å²) in [7, 11) is 0. The zero-order valence-electron chi connectivity index (χ0n) is 7.08. The van der Waals surface area contributed by atoms with Gasteiger partial charge in [0.1, 0.15) is 0 Å². The Morgan fingerprint density at radius 1 is 1.25 bits per heavy atom. The average Bonchev–Trinajstić information content (AvgIpc) is 2.02. The summed E-state index contributed by atoms with van der Waals surface area (Å²) >= 11 is 0. The van der Waals surface area contributed by atoms with Crippen LogP contribution in [0.2, 0.25) is 0 Å².